The Balaban J connectivity index is 2.13. The van der Waals surface area contributed by atoms with Gasteiger partial charge in [-0.05, 0) is 59.7 Å². The fourth-order valence-corrected chi connectivity index (χ4v) is 2.51. The van der Waals surface area contributed by atoms with Gasteiger partial charge in [0.15, 0.2) is 0 Å². The minimum atomic E-state index is -0.310. The van der Waals surface area contributed by atoms with Crippen LogP contribution in [-0.2, 0) is 9.53 Å². The minimum Gasteiger partial charge on any atom is -0.379 e. The van der Waals surface area contributed by atoms with E-state index < -0.39 is 0 Å². The average Bonchev–Trinajstić information content (AvgIpc) is 2.21. The molecule has 1 aliphatic rings. The molecule has 1 amide bonds. The van der Waals surface area contributed by atoms with Gasteiger partial charge in [0.05, 0.1) is 18.6 Å². The summed E-state index contributed by atoms with van der Waals surface area (Å²) in [5.41, 5.74) is 1.68. The Kier molecular flexibility index (Phi) is 3.73. The van der Waals surface area contributed by atoms with Crippen LogP contribution >= 0.6 is 22.6 Å². The quantitative estimate of drug-likeness (QED) is 0.856. The van der Waals surface area contributed by atoms with Crippen LogP contribution in [0.5, 0.6) is 0 Å². The number of hydrogen-bond acceptors (Lipinski definition) is 2. The third-order valence-electron chi connectivity index (χ3n) is 3.35. The van der Waals surface area contributed by atoms with Crippen molar-refractivity contribution in [3.05, 3.63) is 27.3 Å². The summed E-state index contributed by atoms with van der Waals surface area (Å²) >= 11 is 2.27. The Morgan fingerprint density at radius 1 is 1.53 bits per heavy atom. The summed E-state index contributed by atoms with van der Waals surface area (Å²) in [5, 5.41) is 3.01. The highest BCUT2D eigenvalue weighted by Crippen LogP contribution is 2.33. The van der Waals surface area contributed by atoms with Gasteiger partial charge >= 0.3 is 0 Å². The van der Waals surface area contributed by atoms with E-state index >= 15 is 0 Å². The van der Waals surface area contributed by atoms with Gasteiger partial charge in [0.2, 0.25) is 5.91 Å². The topological polar surface area (TPSA) is 38.3 Å². The maximum Gasteiger partial charge on any atom is 0.235 e. The fourth-order valence-electron chi connectivity index (χ4n) is 1.87. The summed E-state index contributed by atoms with van der Waals surface area (Å²) in [6.45, 7) is 5.12. The van der Waals surface area contributed by atoms with Gasteiger partial charge in [0.25, 0.3) is 0 Å². The van der Waals surface area contributed by atoms with Gasteiger partial charge in [0.1, 0.15) is 0 Å². The highest BCUT2D eigenvalue weighted by atomic mass is 127. The first-order valence-corrected chi connectivity index (χ1v) is 6.81. The summed E-state index contributed by atoms with van der Waals surface area (Å²) in [6, 6.07) is 6.02. The van der Waals surface area contributed by atoms with Crippen LogP contribution in [0.25, 0.3) is 0 Å². The predicted octanol–water partition coefficient (Wildman–Crippen LogP) is 2.96. The first-order chi connectivity index (χ1) is 8.07. The molecule has 0 bridgehead atoms. The lowest BCUT2D eigenvalue weighted by molar-refractivity contribution is -0.156. The van der Waals surface area contributed by atoms with E-state index in [0.717, 1.165) is 17.7 Å². The largest absolute Gasteiger partial charge is 0.379 e. The van der Waals surface area contributed by atoms with Crippen LogP contribution in [0.15, 0.2) is 18.2 Å². The molecule has 1 aliphatic heterocycles. The summed E-state index contributed by atoms with van der Waals surface area (Å²) in [4.78, 5) is 12.2. The second-order valence-corrected chi connectivity index (χ2v) is 5.79. The number of hydrogen-bond donors (Lipinski definition) is 1. The SMILES string of the molecule is CCC1(C(=O)Nc2ccc(I)cc2C)COC1. The zero-order chi connectivity index (χ0) is 12.5. The third kappa shape index (κ3) is 2.47. The number of benzene rings is 1. The molecule has 0 aromatic heterocycles. The van der Waals surface area contributed by atoms with E-state index in [1.807, 2.05) is 26.0 Å². The van der Waals surface area contributed by atoms with Gasteiger partial charge in [-0.1, -0.05) is 6.92 Å². The second kappa shape index (κ2) is 4.94. The third-order valence-corrected chi connectivity index (χ3v) is 4.02. The van der Waals surface area contributed by atoms with Gasteiger partial charge in [0, 0.05) is 9.26 Å². The first kappa shape index (κ1) is 12.8. The standard InChI is InChI=1S/C13H16INO2/c1-3-13(7-17-8-13)12(16)15-11-5-4-10(14)6-9(11)2/h4-6H,3,7-8H2,1-2H3,(H,15,16). The lowest BCUT2D eigenvalue weighted by atomic mass is 9.82. The van der Waals surface area contributed by atoms with Gasteiger partial charge in [-0.2, -0.15) is 0 Å². The number of rotatable bonds is 3. The van der Waals surface area contributed by atoms with Crippen molar-refractivity contribution in [2.24, 2.45) is 5.41 Å². The molecule has 0 saturated carbocycles. The number of ether oxygens (including phenoxy) is 1. The molecule has 0 unspecified atom stereocenters. The molecule has 4 heteroatoms. The van der Waals surface area contributed by atoms with Crippen LogP contribution in [0.2, 0.25) is 0 Å². The van der Waals surface area contributed by atoms with Crippen molar-refractivity contribution in [3.63, 3.8) is 0 Å². The van der Waals surface area contributed by atoms with E-state index in [1.54, 1.807) is 0 Å². The number of carbonyl (C=O) groups is 1. The second-order valence-electron chi connectivity index (χ2n) is 4.54. The van der Waals surface area contributed by atoms with Crippen molar-refractivity contribution in [1.29, 1.82) is 0 Å². The number of halogens is 1. The molecule has 0 radical (unpaired) electrons. The van der Waals surface area contributed by atoms with Crippen molar-refractivity contribution in [2.45, 2.75) is 20.3 Å². The smallest absolute Gasteiger partial charge is 0.235 e. The molecule has 1 saturated heterocycles. The number of anilines is 1. The molecule has 1 heterocycles. The van der Waals surface area contributed by atoms with E-state index in [0.29, 0.717) is 13.2 Å². The van der Waals surface area contributed by atoms with Crippen LogP contribution < -0.4 is 5.32 Å². The van der Waals surface area contributed by atoms with E-state index in [2.05, 4.69) is 34.0 Å². The normalized spacial score (nSPS) is 17.4. The van der Waals surface area contributed by atoms with Gasteiger partial charge in [-0.25, -0.2) is 0 Å². The molecule has 0 atom stereocenters. The van der Waals surface area contributed by atoms with Crippen LogP contribution in [0.4, 0.5) is 5.69 Å². The summed E-state index contributed by atoms with van der Waals surface area (Å²) in [7, 11) is 0. The van der Waals surface area contributed by atoms with Crippen LogP contribution in [-0.4, -0.2) is 19.1 Å². The molecule has 17 heavy (non-hydrogen) atoms. The molecule has 1 aromatic rings. The Bertz CT molecular complexity index is 436. The predicted molar refractivity (Wildman–Crippen MR) is 76.1 cm³/mol. The summed E-state index contributed by atoms with van der Waals surface area (Å²) < 4.78 is 6.35. The molecule has 1 N–H and O–H groups in total. The van der Waals surface area contributed by atoms with Crippen LogP contribution in [0.3, 0.4) is 0 Å². The van der Waals surface area contributed by atoms with Crippen LogP contribution in [0.1, 0.15) is 18.9 Å². The molecule has 0 spiro atoms. The van der Waals surface area contributed by atoms with Gasteiger partial charge in [-0.3, -0.25) is 4.79 Å². The first-order valence-electron chi connectivity index (χ1n) is 5.73. The maximum atomic E-state index is 12.2. The number of aryl methyl sites for hydroxylation is 1. The lowest BCUT2D eigenvalue weighted by Crippen LogP contribution is -2.51. The zero-order valence-electron chi connectivity index (χ0n) is 10.0. The van der Waals surface area contributed by atoms with Crippen LogP contribution in [0, 0.1) is 15.9 Å². The maximum absolute atomic E-state index is 12.2. The molecule has 2 rings (SSSR count). The van der Waals surface area contributed by atoms with E-state index in [9.17, 15) is 4.79 Å². The van der Waals surface area contributed by atoms with Crippen molar-refractivity contribution in [3.8, 4) is 0 Å². The lowest BCUT2D eigenvalue weighted by Gasteiger charge is -2.39. The minimum absolute atomic E-state index is 0.0792. The Morgan fingerprint density at radius 2 is 2.24 bits per heavy atom. The summed E-state index contributed by atoms with van der Waals surface area (Å²) in [6.07, 6.45) is 0.822. The van der Waals surface area contributed by atoms with E-state index in [-0.39, 0.29) is 11.3 Å². The monoisotopic (exact) mass is 345 g/mol. The van der Waals surface area contributed by atoms with Gasteiger partial charge < -0.3 is 10.1 Å². The highest BCUT2D eigenvalue weighted by molar-refractivity contribution is 14.1. The fraction of sp³-hybridized carbons (Fsp3) is 0.462. The van der Waals surface area contributed by atoms with E-state index in [1.165, 1.54) is 3.57 Å². The molecule has 1 fully saturated rings. The Labute approximate surface area is 115 Å². The van der Waals surface area contributed by atoms with Crippen molar-refractivity contribution < 1.29 is 9.53 Å². The molecule has 0 aliphatic carbocycles. The van der Waals surface area contributed by atoms with Crippen molar-refractivity contribution in [1.82, 2.24) is 0 Å². The Morgan fingerprint density at radius 3 is 2.71 bits per heavy atom. The number of nitrogens with one attached hydrogen (secondary N) is 1. The molecule has 3 nitrogen and oxygen atoms in total. The molecular weight excluding hydrogens is 329 g/mol. The summed E-state index contributed by atoms with van der Waals surface area (Å²) in [5.74, 6) is 0.0792. The highest BCUT2D eigenvalue weighted by Gasteiger charge is 2.44. The van der Waals surface area contributed by atoms with Gasteiger partial charge in [-0.15, -0.1) is 0 Å². The molecular formula is C13H16INO2. The number of amides is 1. The number of carbonyl (C=O) groups excluding carboxylic acids is 1. The zero-order valence-corrected chi connectivity index (χ0v) is 12.2. The molecule has 1 aromatic carbocycles. The van der Waals surface area contributed by atoms with E-state index in [4.69, 9.17) is 4.74 Å². The molecule has 92 valence electrons. The van der Waals surface area contributed by atoms with Crippen molar-refractivity contribution >= 4 is 34.2 Å². The average molecular weight is 345 g/mol. The van der Waals surface area contributed by atoms with Crippen molar-refractivity contribution in [2.75, 3.05) is 18.5 Å². The Hall–Kier alpha value is -0.620.